The number of hydrogen-bond donors (Lipinski definition) is 2. The highest BCUT2D eigenvalue weighted by atomic mass is 16.5. The Morgan fingerprint density at radius 1 is 1.30 bits per heavy atom. The monoisotopic (exact) mass is 310 g/mol. The molecule has 0 saturated carbocycles. The molecule has 3 heterocycles. The van der Waals surface area contributed by atoms with Gasteiger partial charge < -0.3 is 15.2 Å². The van der Waals surface area contributed by atoms with Crippen LogP contribution < -0.4 is 10.1 Å². The quantitative estimate of drug-likeness (QED) is 0.755. The van der Waals surface area contributed by atoms with E-state index >= 15 is 0 Å². The Hall–Kier alpha value is -2.93. The van der Waals surface area contributed by atoms with Crippen LogP contribution in [0.2, 0.25) is 0 Å². The van der Waals surface area contributed by atoms with Crippen molar-refractivity contribution in [1.29, 1.82) is 0 Å². The first-order valence-corrected chi connectivity index (χ1v) is 7.28. The fraction of sp³-hybridized carbons (Fsp3) is 0.188. The lowest BCUT2D eigenvalue weighted by molar-refractivity contribution is 0.197. The van der Waals surface area contributed by atoms with E-state index in [9.17, 15) is 4.79 Å². The Morgan fingerprint density at radius 3 is 3.09 bits per heavy atom. The van der Waals surface area contributed by atoms with Crippen molar-refractivity contribution in [3.05, 3.63) is 48.0 Å². The molecule has 1 aromatic carbocycles. The van der Waals surface area contributed by atoms with Gasteiger partial charge in [0.05, 0.1) is 16.8 Å². The fourth-order valence-corrected chi connectivity index (χ4v) is 2.79. The summed E-state index contributed by atoms with van der Waals surface area (Å²) in [6.45, 7) is 1.58. The maximum atomic E-state index is 11.1. The van der Waals surface area contributed by atoms with Gasteiger partial charge in [0.1, 0.15) is 12.1 Å². The molecule has 1 aliphatic heterocycles. The lowest BCUT2D eigenvalue weighted by Gasteiger charge is -2.18. The maximum Gasteiger partial charge on any atom is 0.415 e. The minimum Gasteiger partial charge on any atom is -0.464 e. The molecule has 0 fully saturated rings. The van der Waals surface area contributed by atoms with Crippen LogP contribution in [0.15, 0.2) is 36.8 Å². The SMILES string of the molecule is O=C(O)n1ccc2cc(Oc3ncnc4c3CNCC4)ccc21. The summed E-state index contributed by atoms with van der Waals surface area (Å²) in [5.74, 6) is 1.16. The molecule has 0 unspecified atom stereocenters. The summed E-state index contributed by atoms with van der Waals surface area (Å²) in [6, 6.07) is 7.02. The van der Waals surface area contributed by atoms with E-state index in [2.05, 4.69) is 15.3 Å². The Kier molecular flexibility index (Phi) is 3.20. The molecule has 7 nitrogen and oxygen atoms in total. The van der Waals surface area contributed by atoms with E-state index in [-0.39, 0.29) is 0 Å². The lowest BCUT2D eigenvalue weighted by atomic mass is 10.1. The first kappa shape index (κ1) is 13.7. The van der Waals surface area contributed by atoms with Crippen molar-refractivity contribution in [1.82, 2.24) is 19.9 Å². The van der Waals surface area contributed by atoms with Gasteiger partial charge in [0, 0.05) is 31.1 Å². The van der Waals surface area contributed by atoms with Crippen molar-refractivity contribution < 1.29 is 14.6 Å². The van der Waals surface area contributed by atoms with Crippen molar-refractivity contribution in [2.75, 3.05) is 6.54 Å². The zero-order chi connectivity index (χ0) is 15.8. The van der Waals surface area contributed by atoms with Gasteiger partial charge in [-0.25, -0.2) is 14.8 Å². The molecule has 0 radical (unpaired) electrons. The molecule has 0 amide bonds. The molecule has 4 rings (SSSR count). The van der Waals surface area contributed by atoms with E-state index in [1.165, 1.54) is 17.1 Å². The number of rotatable bonds is 2. The third-order valence-electron chi connectivity index (χ3n) is 3.92. The number of hydrogen-bond acceptors (Lipinski definition) is 5. The normalized spacial score (nSPS) is 13.7. The van der Waals surface area contributed by atoms with Crippen LogP contribution >= 0.6 is 0 Å². The number of carbonyl (C=O) groups is 1. The molecule has 23 heavy (non-hydrogen) atoms. The average molecular weight is 310 g/mol. The molecule has 1 aliphatic rings. The van der Waals surface area contributed by atoms with E-state index in [0.717, 1.165) is 29.6 Å². The molecule has 3 aromatic rings. The van der Waals surface area contributed by atoms with Crippen molar-refractivity contribution in [3.63, 3.8) is 0 Å². The second-order valence-electron chi connectivity index (χ2n) is 5.32. The van der Waals surface area contributed by atoms with Gasteiger partial charge in [-0.3, -0.25) is 4.57 Å². The number of fused-ring (bicyclic) bond motifs is 2. The van der Waals surface area contributed by atoms with Crippen LogP contribution in [0.1, 0.15) is 11.3 Å². The molecular formula is C16H14N4O3. The van der Waals surface area contributed by atoms with Crippen LogP contribution in [0.25, 0.3) is 10.9 Å². The largest absolute Gasteiger partial charge is 0.464 e. The van der Waals surface area contributed by atoms with Crippen molar-refractivity contribution in [2.45, 2.75) is 13.0 Å². The first-order valence-electron chi connectivity index (χ1n) is 7.28. The minimum absolute atomic E-state index is 0.541. The zero-order valence-electron chi connectivity index (χ0n) is 12.2. The molecule has 0 aliphatic carbocycles. The topological polar surface area (TPSA) is 89.3 Å². The van der Waals surface area contributed by atoms with Gasteiger partial charge in [-0.2, -0.15) is 0 Å². The predicted molar refractivity (Wildman–Crippen MR) is 82.9 cm³/mol. The van der Waals surface area contributed by atoms with Gasteiger partial charge in [0.15, 0.2) is 0 Å². The molecule has 116 valence electrons. The highest BCUT2D eigenvalue weighted by Crippen LogP contribution is 2.29. The van der Waals surface area contributed by atoms with Crippen LogP contribution in [-0.2, 0) is 13.0 Å². The summed E-state index contributed by atoms with van der Waals surface area (Å²) in [6.07, 6.45) is 2.88. The maximum absolute atomic E-state index is 11.1. The van der Waals surface area contributed by atoms with Crippen LogP contribution in [0, 0.1) is 0 Å². The molecule has 0 saturated heterocycles. The highest BCUT2D eigenvalue weighted by Gasteiger charge is 2.17. The third kappa shape index (κ3) is 2.40. The van der Waals surface area contributed by atoms with E-state index < -0.39 is 6.09 Å². The van der Waals surface area contributed by atoms with Gasteiger partial charge in [-0.1, -0.05) is 0 Å². The third-order valence-corrected chi connectivity index (χ3v) is 3.92. The van der Waals surface area contributed by atoms with Crippen LogP contribution in [0.4, 0.5) is 4.79 Å². The highest BCUT2D eigenvalue weighted by molar-refractivity contribution is 5.89. The Balaban J connectivity index is 1.70. The number of benzene rings is 1. The van der Waals surface area contributed by atoms with Crippen LogP contribution in [0.5, 0.6) is 11.6 Å². The van der Waals surface area contributed by atoms with Gasteiger partial charge in [-0.05, 0) is 24.3 Å². The Morgan fingerprint density at radius 2 is 2.22 bits per heavy atom. The van der Waals surface area contributed by atoms with Crippen LogP contribution in [-0.4, -0.2) is 32.3 Å². The first-order chi connectivity index (χ1) is 11.2. The molecule has 7 heteroatoms. The number of ether oxygens (including phenoxy) is 1. The molecule has 2 aromatic heterocycles. The summed E-state index contributed by atoms with van der Waals surface area (Å²) in [4.78, 5) is 19.6. The van der Waals surface area contributed by atoms with Gasteiger partial charge in [-0.15, -0.1) is 0 Å². The van der Waals surface area contributed by atoms with E-state index in [1.54, 1.807) is 24.3 Å². The summed E-state index contributed by atoms with van der Waals surface area (Å²) in [5.41, 5.74) is 2.60. The smallest absolute Gasteiger partial charge is 0.415 e. The molecular weight excluding hydrogens is 296 g/mol. The fourth-order valence-electron chi connectivity index (χ4n) is 2.79. The van der Waals surface area contributed by atoms with Gasteiger partial charge in [0.2, 0.25) is 5.88 Å². The summed E-state index contributed by atoms with van der Waals surface area (Å²) in [7, 11) is 0. The van der Waals surface area contributed by atoms with Gasteiger partial charge >= 0.3 is 6.09 Å². The molecule has 0 spiro atoms. The summed E-state index contributed by atoms with van der Waals surface area (Å²) in [5, 5.41) is 13.2. The second-order valence-corrected chi connectivity index (χ2v) is 5.32. The lowest BCUT2D eigenvalue weighted by Crippen LogP contribution is -2.25. The van der Waals surface area contributed by atoms with E-state index in [4.69, 9.17) is 9.84 Å². The summed E-state index contributed by atoms with van der Waals surface area (Å²) < 4.78 is 7.08. The molecule has 0 bridgehead atoms. The standard InChI is InChI=1S/C16H14N4O3/c21-16(22)20-6-4-10-7-11(1-2-14(10)20)23-15-12-8-17-5-3-13(12)18-9-19-15/h1-2,4,6-7,9,17H,3,5,8H2,(H,21,22). The molecule has 2 N–H and O–H groups in total. The number of aromatic nitrogens is 3. The Labute approximate surface area is 131 Å². The van der Waals surface area contributed by atoms with Crippen molar-refractivity contribution in [2.24, 2.45) is 0 Å². The van der Waals surface area contributed by atoms with E-state index in [1.807, 2.05) is 0 Å². The Bertz CT molecular complexity index is 903. The van der Waals surface area contributed by atoms with E-state index in [0.29, 0.717) is 23.7 Å². The number of carboxylic acid groups (broad SMARTS) is 1. The minimum atomic E-state index is -1.01. The van der Waals surface area contributed by atoms with Crippen molar-refractivity contribution >= 4 is 17.0 Å². The summed E-state index contributed by atoms with van der Waals surface area (Å²) >= 11 is 0. The average Bonchev–Trinajstić information content (AvgIpc) is 2.99. The zero-order valence-corrected chi connectivity index (χ0v) is 12.2. The van der Waals surface area contributed by atoms with Crippen LogP contribution in [0.3, 0.4) is 0 Å². The van der Waals surface area contributed by atoms with Gasteiger partial charge in [0.25, 0.3) is 0 Å². The predicted octanol–water partition coefficient (Wildman–Crippen LogP) is 2.40. The molecule has 0 atom stereocenters. The van der Waals surface area contributed by atoms with Crippen molar-refractivity contribution in [3.8, 4) is 11.6 Å². The number of nitrogens with zero attached hydrogens (tertiary/aromatic N) is 3. The second kappa shape index (κ2) is 5.36. The number of nitrogens with one attached hydrogen (secondary N) is 1.